The topological polar surface area (TPSA) is 69.6 Å². The number of carbonyl (C=O) groups is 2. The average Bonchev–Trinajstić information content (AvgIpc) is 2.41. The fourth-order valence-electron chi connectivity index (χ4n) is 1.89. The summed E-state index contributed by atoms with van der Waals surface area (Å²) in [6.07, 6.45) is -6.08. The lowest BCUT2D eigenvalue weighted by atomic mass is 10.0. The number of hydrogen-bond donors (Lipinski definition) is 2. The molecule has 1 rings (SSSR count). The van der Waals surface area contributed by atoms with Gasteiger partial charge in [0.1, 0.15) is 0 Å². The van der Waals surface area contributed by atoms with Crippen molar-refractivity contribution in [2.45, 2.75) is 39.0 Å². The van der Waals surface area contributed by atoms with Crippen LogP contribution in [0.5, 0.6) is 0 Å². The maximum Gasteiger partial charge on any atom is 0.417 e. The maximum atomic E-state index is 12.6. The van der Waals surface area contributed by atoms with Gasteiger partial charge in [-0.25, -0.2) is 0 Å². The lowest BCUT2D eigenvalue weighted by Crippen LogP contribution is -2.47. The number of amides is 2. The lowest BCUT2D eigenvalue weighted by Gasteiger charge is -2.27. The predicted molar refractivity (Wildman–Crippen MR) is 83.5 cm³/mol. The van der Waals surface area contributed by atoms with E-state index in [0.29, 0.717) is 12.6 Å². The van der Waals surface area contributed by atoms with Gasteiger partial charge in [-0.3, -0.25) is 9.59 Å². The van der Waals surface area contributed by atoms with E-state index in [1.807, 2.05) is 19.1 Å². The van der Waals surface area contributed by atoms with Gasteiger partial charge in [0.05, 0.1) is 13.0 Å². The van der Waals surface area contributed by atoms with Gasteiger partial charge < -0.3 is 15.3 Å². The van der Waals surface area contributed by atoms with E-state index < -0.39 is 36.6 Å². The molecule has 1 aromatic rings. The minimum absolute atomic E-state index is 0.417. The molecule has 0 bridgehead atoms. The van der Waals surface area contributed by atoms with Crippen molar-refractivity contribution in [3.05, 3.63) is 29.3 Å². The van der Waals surface area contributed by atoms with E-state index in [2.05, 4.69) is 5.32 Å². The smallest absolute Gasteiger partial charge is 0.380 e. The van der Waals surface area contributed by atoms with Crippen LogP contribution in [0.3, 0.4) is 0 Å². The van der Waals surface area contributed by atoms with Gasteiger partial charge in [0.15, 0.2) is 5.60 Å². The Balaban J connectivity index is 2.67. The number of anilines is 1. The Morgan fingerprint density at radius 1 is 1.25 bits per heavy atom. The minimum Gasteiger partial charge on any atom is -0.380 e. The molecular formula is C16H21F3N2O3. The molecule has 0 unspecified atom stereocenters. The number of rotatable bonds is 5. The van der Waals surface area contributed by atoms with Crippen LogP contribution in [0, 0.1) is 13.8 Å². The van der Waals surface area contributed by atoms with Crippen LogP contribution in [-0.4, -0.2) is 47.2 Å². The van der Waals surface area contributed by atoms with E-state index >= 15 is 0 Å². The normalized spacial score (nSPS) is 14.0. The number of halogens is 3. The van der Waals surface area contributed by atoms with E-state index in [-0.39, 0.29) is 0 Å². The van der Waals surface area contributed by atoms with Gasteiger partial charge in [0.25, 0.3) is 0 Å². The Morgan fingerprint density at radius 3 is 2.38 bits per heavy atom. The van der Waals surface area contributed by atoms with Crippen LogP contribution < -0.4 is 5.32 Å². The van der Waals surface area contributed by atoms with Crippen molar-refractivity contribution in [3.63, 3.8) is 0 Å². The number of nitrogens with one attached hydrogen (secondary N) is 1. The van der Waals surface area contributed by atoms with Gasteiger partial charge >= 0.3 is 6.18 Å². The molecule has 2 N–H and O–H groups in total. The molecule has 8 heteroatoms. The Labute approximate surface area is 138 Å². The van der Waals surface area contributed by atoms with Gasteiger partial charge in [0, 0.05) is 12.7 Å². The van der Waals surface area contributed by atoms with Crippen molar-refractivity contribution < 1.29 is 27.9 Å². The Hall–Kier alpha value is -2.09. The number of aliphatic hydroxyl groups is 1. The number of nitrogens with zero attached hydrogens (tertiary/aromatic N) is 1. The number of likely N-dealkylation sites (N-methyl/N-ethyl adjacent to an activating group) is 1. The molecule has 134 valence electrons. The van der Waals surface area contributed by atoms with Crippen LogP contribution >= 0.6 is 0 Å². The highest BCUT2D eigenvalue weighted by Gasteiger charge is 2.51. The summed E-state index contributed by atoms with van der Waals surface area (Å²) in [6.45, 7) is 3.75. The minimum atomic E-state index is -4.93. The van der Waals surface area contributed by atoms with E-state index in [1.165, 1.54) is 7.05 Å². The fraction of sp³-hybridized carbons (Fsp3) is 0.500. The zero-order valence-corrected chi connectivity index (χ0v) is 14.0. The Bertz CT molecular complexity index is 627. The van der Waals surface area contributed by atoms with E-state index in [4.69, 9.17) is 0 Å². The first-order valence-corrected chi connectivity index (χ1v) is 7.23. The van der Waals surface area contributed by atoms with Gasteiger partial charge in [-0.05, 0) is 38.0 Å². The largest absolute Gasteiger partial charge is 0.417 e. The summed E-state index contributed by atoms with van der Waals surface area (Å²) in [5.74, 6) is -1.51. The molecule has 0 aromatic heterocycles. The predicted octanol–water partition coefficient (Wildman–Crippen LogP) is 2.40. The molecule has 0 fully saturated rings. The van der Waals surface area contributed by atoms with Crippen molar-refractivity contribution in [1.82, 2.24) is 4.90 Å². The Morgan fingerprint density at radius 2 is 1.83 bits per heavy atom. The third-order valence-electron chi connectivity index (χ3n) is 3.58. The van der Waals surface area contributed by atoms with Crippen LogP contribution in [0.15, 0.2) is 18.2 Å². The number of hydrogen-bond acceptors (Lipinski definition) is 3. The molecule has 2 amide bonds. The van der Waals surface area contributed by atoms with E-state index in [9.17, 15) is 27.9 Å². The number of benzene rings is 1. The first-order valence-electron chi connectivity index (χ1n) is 7.23. The molecule has 1 atom stereocenters. The highest BCUT2D eigenvalue weighted by atomic mass is 19.4. The number of carbonyl (C=O) groups excluding carboxylic acids is 2. The first kappa shape index (κ1) is 20.0. The SMILES string of the molecule is Cc1ccc(C)c(NC(=O)CN(C)C(=O)C[C@](C)(O)C(F)(F)F)c1. The van der Waals surface area contributed by atoms with Crippen molar-refractivity contribution in [2.75, 3.05) is 18.9 Å². The van der Waals surface area contributed by atoms with Gasteiger partial charge in [0.2, 0.25) is 11.8 Å². The molecule has 1 aromatic carbocycles. The summed E-state index contributed by atoms with van der Waals surface area (Å²) in [6, 6.07) is 5.45. The van der Waals surface area contributed by atoms with Crippen LogP contribution in [-0.2, 0) is 9.59 Å². The highest BCUT2D eigenvalue weighted by Crippen LogP contribution is 2.32. The van der Waals surface area contributed by atoms with Gasteiger partial charge in [-0.15, -0.1) is 0 Å². The zero-order valence-electron chi connectivity index (χ0n) is 14.0. The molecule has 0 heterocycles. The summed E-state index contributed by atoms with van der Waals surface area (Å²) in [5, 5.41) is 11.9. The van der Waals surface area contributed by atoms with Gasteiger partial charge in [-0.2, -0.15) is 13.2 Å². The van der Waals surface area contributed by atoms with E-state index in [1.54, 1.807) is 13.0 Å². The second-order valence-electron chi connectivity index (χ2n) is 6.06. The molecule has 5 nitrogen and oxygen atoms in total. The van der Waals surface area contributed by atoms with Crippen LogP contribution in [0.1, 0.15) is 24.5 Å². The fourth-order valence-corrected chi connectivity index (χ4v) is 1.89. The second-order valence-corrected chi connectivity index (χ2v) is 6.06. The molecule has 0 radical (unpaired) electrons. The third-order valence-corrected chi connectivity index (χ3v) is 3.58. The molecule has 0 saturated carbocycles. The molecule has 0 aliphatic heterocycles. The third kappa shape index (κ3) is 5.23. The molecule has 0 saturated heterocycles. The summed E-state index contributed by atoms with van der Waals surface area (Å²) in [7, 11) is 1.21. The summed E-state index contributed by atoms with van der Waals surface area (Å²) >= 11 is 0. The Kier molecular flexibility index (Phi) is 5.99. The van der Waals surface area contributed by atoms with Crippen molar-refractivity contribution in [2.24, 2.45) is 0 Å². The van der Waals surface area contributed by atoms with Crippen molar-refractivity contribution >= 4 is 17.5 Å². The number of alkyl halides is 3. The number of aryl methyl sites for hydroxylation is 2. The maximum absolute atomic E-state index is 12.6. The van der Waals surface area contributed by atoms with Crippen molar-refractivity contribution in [1.29, 1.82) is 0 Å². The van der Waals surface area contributed by atoms with Crippen LogP contribution in [0.2, 0.25) is 0 Å². The van der Waals surface area contributed by atoms with Crippen molar-refractivity contribution in [3.8, 4) is 0 Å². The van der Waals surface area contributed by atoms with Crippen LogP contribution in [0.4, 0.5) is 18.9 Å². The monoisotopic (exact) mass is 346 g/mol. The molecular weight excluding hydrogens is 325 g/mol. The molecule has 24 heavy (non-hydrogen) atoms. The summed E-state index contributed by atoms with van der Waals surface area (Å²) in [5.41, 5.74) is -0.810. The second kappa shape index (κ2) is 7.21. The van der Waals surface area contributed by atoms with Crippen LogP contribution in [0.25, 0.3) is 0 Å². The highest BCUT2D eigenvalue weighted by molar-refractivity contribution is 5.95. The zero-order chi connectivity index (χ0) is 18.7. The quantitative estimate of drug-likeness (QED) is 0.860. The molecule has 0 aliphatic carbocycles. The first-order chi connectivity index (χ1) is 10.8. The lowest BCUT2D eigenvalue weighted by molar-refractivity contribution is -0.254. The van der Waals surface area contributed by atoms with Gasteiger partial charge in [-0.1, -0.05) is 12.1 Å². The average molecular weight is 346 g/mol. The standard InChI is InChI=1S/C16H21F3N2O3/c1-10-5-6-11(2)12(7-10)20-13(22)9-21(4)14(23)8-15(3,24)16(17,18)19/h5-7,24H,8-9H2,1-4H3,(H,20,22)/t15-/m0/s1. The molecule has 0 spiro atoms. The summed E-state index contributed by atoms with van der Waals surface area (Å²) < 4.78 is 37.8. The summed E-state index contributed by atoms with van der Waals surface area (Å²) in [4.78, 5) is 24.6. The van der Waals surface area contributed by atoms with E-state index in [0.717, 1.165) is 16.0 Å². The molecule has 0 aliphatic rings.